The van der Waals surface area contributed by atoms with Crippen molar-refractivity contribution in [1.82, 2.24) is 19.9 Å². The van der Waals surface area contributed by atoms with Gasteiger partial charge in [0.05, 0.1) is 12.1 Å². The predicted molar refractivity (Wildman–Crippen MR) is 102 cm³/mol. The number of aromatic nitrogens is 4. The van der Waals surface area contributed by atoms with Crippen molar-refractivity contribution in [3.63, 3.8) is 0 Å². The van der Waals surface area contributed by atoms with Gasteiger partial charge >= 0.3 is 6.18 Å². The van der Waals surface area contributed by atoms with Crippen molar-refractivity contribution in [1.29, 1.82) is 0 Å². The van der Waals surface area contributed by atoms with Crippen LogP contribution in [0, 0.1) is 0 Å². The minimum atomic E-state index is -4.40. The number of pyridine rings is 2. The lowest BCUT2D eigenvalue weighted by atomic mass is 10.0. The maximum absolute atomic E-state index is 12.8. The molecule has 6 nitrogen and oxygen atoms in total. The summed E-state index contributed by atoms with van der Waals surface area (Å²) in [6.07, 6.45) is 0.158. The Balaban J connectivity index is 1.69. The van der Waals surface area contributed by atoms with Crippen LogP contribution in [-0.4, -0.2) is 19.9 Å². The third kappa shape index (κ3) is 3.93. The lowest BCUT2D eigenvalue weighted by Gasteiger charge is -2.12. The molecule has 2 N–H and O–H groups in total. The molecule has 0 unspecified atom stereocenters. The molecular formula is C20H14F3N5O. The highest BCUT2D eigenvalue weighted by atomic mass is 19.4. The third-order valence-corrected chi connectivity index (χ3v) is 4.30. The van der Waals surface area contributed by atoms with Gasteiger partial charge in [-0.3, -0.25) is 9.78 Å². The first-order valence-corrected chi connectivity index (χ1v) is 8.61. The Morgan fingerprint density at radius 1 is 0.931 bits per heavy atom. The van der Waals surface area contributed by atoms with E-state index in [9.17, 15) is 18.0 Å². The molecule has 0 aliphatic carbocycles. The number of nitrogens with zero attached hydrogens (tertiary/aromatic N) is 3. The molecule has 0 radical (unpaired) electrons. The van der Waals surface area contributed by atoms with Gasteiger partial charge in [0.1, 0.15) is 11.0 Å². The van der Waals surface area contributed by atoms with E-state index < -0.39 is 11.7 Å². The first-order chi connectivity index (χ1) is 13.9. The van der Waals surface area contributed by atoms with Crippen molar-refractivity contribution in [3.8, 4) is 11.1 Å². The van der Waals surface area contributed by atoms with Gasteiger partial charge in [-0.15, -0.1) is 0 Å². The summed E-state index contributed by atoms with van der Waals surface area (Å²) >= 11 is 0. The van der Waals surface area contributed by atoms with Gasteiger partial charge in [0.25, 0.3) is 0 Å². The Morgan fingerprint density at radius 2 is 1.66 bits per heavy atom. The summed E-state index contributed by atoms with van der Waals surface area (Å²) in [6, 6.07) is 9.64. The van der Waals surface area contributed by atoms with Crippen molar-refractivity contribution in [2.45, 2.75) is 12.7 Å². The number of anilines is 1. The van der Waals surface area contributed by atoms with E-state index in [4.69, 9.17) is 0 Å². The smallest absolute Gasteiger partial charge is 0.363 e. The molecule has 1 aromatic carbocycles. The molecule has 146 valence electrons. The molecule has 0 fully saturated rings. The average Bonchev–Trinajstić information content (AvgIpc) is 2.71. The van der Waals surface area contributed by atoms with Gasteiger partial charge in [-0.1, -0.05) is 18.2 Å². The highest BCUT2D eigenvalue weighted by Gasteiger charge is 2.30. The van der Waals surface area contributed by atoms with Gasteiger partial charge in [-0.25, -0.2) is 9.97 Å². The van der Waals surface area contributed by atoms with E-state index in [2.05, 4.69) is 25.3 Å². The number of H-pyrrole nitrogens is 1. The maximum atomic E-state index is 12.8. The van der Waals surface area contributed by atoms with Crippen LogP contribution in [0.5, 0.6) is 0 Å². The quantitative estimate of drug-likeness (QED) is 0.544. The summed E-state index contributed by atoms with van der Waals surface area (Å²) < 4.78 is 38.4. The molecule has 0 saturated carbocycles. The number of alkyl halides is 3. The largest absolute Gasteiger partial charge is 0.416 e. The van der Waals surface area contributed by atoms with Gasteiger partial charge in [0, 0.05) is 35.9 Å². The zero-order valence-corrected chi connectivity index (χ0v) is 14.9. The summed E-state index contributed by atoms with van der Waals surface area (Å²) in [5.41, 5.74) is 1.84. The predicted octanol–water partition coefficient (Wildman–Crippen LogP) is 4.01. The first kappa shape index (κ1) is 18.6. The first-order valence-electron chi connectivity index (χ1n) is 8.61. The Labute approximate surface area is 162 Å². The minimum absolute atomic E-state index is 0.209. The minimum Gasteiger partial charge on any atom is -0.363 e. The Hall–Kier alpha value is -3.75. The Morgan fingerprint density at radius 3 is 2.34 bits per heavy atom. The standard InChI is InChI=1S/C20H14F3N5O/c21-20(22,23)13-6-4-12(5-7-13)15-11-27-19(18-17(15)24-8-9-25-18)26-10-14-2-1-3-16(29)28-14/h1-9,11H,10H2,(H,26,27)(H,28,29). The molecule has 3 heterocycles. The van der Waals surface area contributed by atoms with E-state index in [0.29, 0.717) is 40.2 Å². The SMILES string of the molecule is O=c1cccc(CNc2ncc(-c3ccc(C(F)(F)F)cc3)c3nccnc23)[nH]1. The fourth-order valence-electron chi connectivity index (χ4n) is 2.91. The molecule has 4 rings (SSSR count). The van der Waals surface area contributed by atoms with Crippen LogP contribution in [0.1, 0.15) is 11.3 Å². The zero-order chi connectivity index (χ0) is 20.4. The van der Waals surface area contributed by atoms with Gasteiger partial charge in [-0.2, -0.15) is 13.2 Å². The number of halogens is 3. The fraction of sp³-hybridized carbons (Fsp3) is 0.100. The molecule has 29 heavy (non-hydrogen) atoms. The second-order valence-electron chi connectivity index (χ2n) is 6.24. The highest BCUT2D eigenvalue weighted by Crippen LogP contribution is 2.33. The van der Waals surface area contributed by atoms with Crippen molar-refractivity contribution < 1.29 is 13.2 Å². The number of nitrogens with one attached hydrogen (secondary N) is 2. The van der Waals surface area contributed by atoms with Crippen LogP contribution in [-0.2, 0) is 12.7 Å². The van der Waals surface area contributed by atoms with Crippen LogP contribution >= 0.6 is 0 Å². The number of aromatic amines is 1. The number of benzene rings is 1. The zero-order valence-electron chi connectivity index (χ0n) is 14.9. The van der Waals surface area contributed by atoms with Crippen LogP contribution in [0.15, 0.2) is 65.8 Å². The van der Waals surface area contributed by atoms with Crippen LogP contribution < -0.4 is 10.9 Å². The number of rotatable bonds is 4. The molecule has 0 aliphatic rings. The van der Waals surface area contributed by atoms with E-state index in [1.165, 1.54) is 36.8 Å². The summed E-state index contributed by atoms with van der Waals surface area (Å²) in [7, 11) is 0. The summed E-state index contributed by atoms with van der Waals surface area (Å²) in [5.74, 6) is 0.452. The monoisotopic (exact) mass is 397 g/mol. The molecule has 4 aromatic rings. The van der Waals surface area contributed by atoms with Gasteiger partial charge in [0.15, 0.2) is 5.82 Å². The summed E-state index contributed by atoms with van der Waals surface area (Å²) in [5, 5.41) is 3.11. The lowest BCUT2D eigenvalue weighted by Crippen LogP contribution is -2.10. The molecule has 0 bridgehead atoms. The van der Waals surface area contributed by atoms with E-state index in [1.807, 2.05) is 0 Å². The fourth-order valence-corrected chi connectivity index (χ4v) is 2.91. The van der Waals surface area contributed by atoms with Crippen molar-refractivity contribution >= 4 is 16.9 Å². The van der Waals surface area contributed by atoms with Crippen LogP contribution in [0.25, 0.3) is 22.2 Å². The van der Waals surface area contributed by atoms with Gasteiger partial charge in [-0.05, 0) is 23.8 Å². The molecule has 0 saturated heterocycles. The molecule has 3 aromatic heterocycles. The van der Waals surface area contributed by atoms with E-state index in [-0.39, 0.29) is 5.56 Å². The van der Waals surface area contributed by atoms with E-state index in [1.54, 1.807) is 12.1 Å². The lowest BCUT2D eigenvalue weighted by molar-refractivity contribution is -0.137. The number of fused-ring (bicyclic) bond motifs is 1. The average molecular weight is 397 g/mol. The van der Waals surface area contributed by atoms with Crippen LogP contribution in [0.2, 0.25) is 0 Å². The second-order valence-corrected chi connectivity index (χ2v) is 6.24. The molecule has 0 amide bonds. The van der Waals surface area contributed by atoms with E-state index in [0.717, 1.165) is 12.1 Å². The van der Waals surface area contributed by atoms with Gasteiger partial charge < -0.3 is 10.3 Å². The third-order valence-electron chi connectivity index (χ3n) is 4.30. The Kier molecular flexibility index (Phi) is 4.71. The van der Waals surface area contributed by atoms with E-state index >= 15 is 0 Å². The summed E-state index contributed by atoms with van der Waals surface area (Å²) in [6.45, 7) is 0.314. The molecule has 0 aliphatic heterocycles. The van der Waals surface area contributed by atoms with Crippen molar-refractivity contribution in [2.75, 3.05) is 5.32 Å². The number of hydrogen-bond donors (Lipinski definition) is 2. The normalized spacial score (nSPS) is 11.6. The molecule has 9 heteroatoms. The second kappa shape index (κ2) is 7.34. The Bertz CT molecular complexity index is 1220. The summed E-state index contributed by atoms with van der Waals surface area (Å²) in [4.78, 5) is 27.1. The highest BCUT2D eigenvalue weighted by molar-refractivity contribution is 5.96. The number of hydrogen-bond acceptors (Lipinski definition) is 5. The molecule has 0 spiro atoms. The molecular weight excluding hydrogens is 383 g/mol. The van der Waals surface area contributed by atoms with Crippen molar-refractivity contribution in [3.05, 3.63) is 82.7 Å². The molecule has 0 atom stereocenters. The van der Waals surface area contributed by atoms with Gasteiger partial charge in [0.2, 0.25) is 5.56 Å². The maximum Gasteiger partial charge on any atom is 0.416 e. The topological polar surface area (TPSA) is 83.6 Å². The van der Waals surface area contributed by atoms with Crippen molar-refractivity contribution in [2.24, 2.45) is 0 Å². The van der Waals surface area contributed by atoms with Crippen LogP contribution in [0.4, 0.5) is 19.0 Å². The van der Waals surface area contributed by atoms with Crippen LogP contribution in [0.3, 0.4) is 0 Å².